The number of benzene rings is 2. The van der Waals surface area contributed by atoms with Crippen molar-refractivity contribution >= 4 is 15.9 Å². The van der Waals surface area contributed by atoms with Crippen LogP contribution < -0.4 is 15.6 Å². The number of sulfonamides is 1. The van der Waals surface area contributed by atoms with Crippen LogP contribution in [0.15, 0.2) is 36.4 Å². The number of aryl methyl sites for hydroxylation is 1. The highest BCUT2D eigenvalue weighted by atomic mass is 32.2. The smallest absolute Gasteiger partial charge is 0.269 e. The van der Waals surface area contributed by atoms with Crippen molar-refractivity contribution in [2.24, 2.45) is 5.92 Å². The average molecular weight is 423 g/mol. The minimum atomic E-state index is -3.76. The average Bonchev–Trinajstić information content (AvgIpc) is 2.68. The Morgan fingerprint density at radius 1 is 1.14 bits per heavy atom. The van der Waals surface area contributed by atoms with E-state index in [4.69, 9.17) is 0 Å². The molecule has 3 rings (SSSR count). The fourth-order valence-electron chi connectivity index (χ4n) is 3.36. The highest BCUT2D eigenvalue weighted by molar-refractivity contribution is 7.89. The van der Waals surface area contributed by atoms with Crippen molar-refractivity contribution < 1.29 is 22.0 Å². The predicted molar refractivity (Wildman–Crippen MR) is 107 cm³/mol. The van der Waals surface area contributed by atoms with Gasteiger partial charge < -0.3 is 5.32 Å². The monoisotopic (exact) mass is 423 g/mol. The largest absolute Gasteiger partial charge is 0.317 e. The van der Waals surface area contributed by atoms with Crippen molar-refractivity contribution in [3.8, 4) is 11.1 Å². The van der Waals surface area contributed by atoms with Gasteiger partial charge in [0, 0.05) is 0 Å². The third-order valence-electron chi connectivity index (χ3n) is 4.89. The van der Waals surface area contributed by atoms with Crippen LogP contribution in [0.25, 0.3) is 11.1 Å². The van der Waals surface area contributed by atoms with Gasteiger partial charge in [-0.3, -0.25) is 10.2 Å². The van der Waals surface area contributed by atoms with Crippen LogP contribution >= 0.6 is 0 Å². The van der Waals surface area contributed by atoms with Gasteiger partial charge >= 0.3 is 0 Å². The minimum Gasteiger partial charge on any atom is -0.317 e. The van der Waals surface area contributed by atoms with E-state index in [1.807, 2.05) is 4.83 Å². The molecule has 1 heterocycles. The Kier molecular flexibility index (Phi) is 6.61. The fourth-order valence-corrected chi connectivity index (χ4v) is 4.65. The number of amides is 1. The summed E-state index contributed by atoms with van der Waals surface area (Å²) in [4.78, 5) is 14.5. The molecule has 1 fully saturated rings. The Morgan fingerprint density at radius 3 is 2.55 bits per heavy atom. The van der Waals surface area contributed by atoms with E-state index in [-0.39, 0.29) is 22.8 Å². The van der Waals surface area contributed by atoms with Gasteiger partial charge in [0.25, 0.3) is 5.91 Å². The maximum Gasteiger partial charge on any atom is 0.269 e. The second-order valence-electron chi connectivity index (χ2n) is 7.20. The zero-order chi connectivity index (χ0) is 21.0. The van der Waals surface area contributed by atoms with Crippen LogP contribution in [0.4, 0.5) is 8.78 Å². The zero-order valence-corrected chi connectivity index (χ0v) is 16.8. The normalized spacial score (nSPS) is 15.3. The number of hydrogen-bond donors (Lipinski definition) is 3. The van der Waals surface area contributed by atoms with E-state index < -0.39 is 27.6 Å². The van der Waals surface area contributed by atoms with Crippen LogP contribution in [0.5, 0.6) is 0 Å². The highest BCUT2D eigenvalue weighted by Gasteiger charge is 2.23. The molecule has 1 aliphatic heterocycles. The van der Waals surface area contributed by atoms with Crippen molar-refractivity contribution in [3.05, 3.63) is 59.2 Å². The SMILES string of the molecule is Cc1cc(-c2cccc(F)c2)cc(C(=O)NNS(=O)(=O)CC2CCNCC2)c1F. The molecular weight excluding hydrogens is 400 g/mol. The summed E-state index contributed by atoms with van der Waals surface area (Å²) in [6.45, 7) is 2.99. The van der Waals surface area contributed by atoms with E-state index in [2.05, 4.69) is 10.7 Å². The molecule has 1 saturated heterocycles. The Labute approximate surface area is 168 Å². The van der Waals surface area contributed by atoms with Gasteiger partial charge in [0.1, 0.15) is 11.6 Å². The van der Waals surface area contributed by atoms with Crippen LogP contribution in [0.1, 0.15) is 28.8 Å². The highest BCUT2D eigenvalue weighted by Crippen LogP contribution is 2.25. The molecule has 0 aromatic heterocycles. The molecular formula is C20H23F2N3O3S. The molecule has 1 amide bonds. The first kappa shape index (κ1) is 21.4. The van der Waals surface area contributed by atoms with Crippen molar-refractivity contribution in [1.29, 1.82) is 0 Å². The molecule has 0 saturated carbocycles. The van der Waals surface area contributed by atoms with Gasteiger partial charge in [-0.25, -0.2) is 17.2 Å². The summed E-state index contributed by atoms with van der Waals surface area (Å²) in [5.41, 5.74) is 2.87. The van der Waals surface area contributed by atoms with Gasteiger partial charge in [0.15, 0.2) is 0 Å². The lowest BCUT2D eigenvalue weighted by Gasteiger charge is -2.22. The number of halogens is 2. The number of piperidine rings is 1. The molecule has 6 nitrogen and oxygen atoms in total. The molecule has 0 radical (unpaired) electrons. The van der Waals surface area contributed by atoms with E-state index in [1.165, 1.54) is 37.3 Å². The molecule has 0 unspecified atom stereocenters. The van der Waals surface area contributed by atoms with Crippen molar-refractivity contribution in [2.45, 2.75) is 19.8 Å². The van der Waals surface area contributed by atoms with Gasteiger partial charge in [-0.2, -0.15) is 0 Å². The second kappa shape index (κ2) is 8.98. The van der Waals surface area contributed by atoms with Crippen molar-refractivity contribution in [1.82, 2.24) is 15.6 Å². The van der Waals surface area contributed by atoms with Gasteiger partial charge in [-0.15, -0.1) is 4.83 Å². The number of nitrogens with one attached hydrogen (secondary N) is 3. The number of hydrogen-bond acceptors (Lipinski definition) is 4. The molecule has 29 heavy (non-hydrogen) atoms. The molecule has 2 aromatic rings. The number of carbonyl (C=O) groups excluding carboxylic acids is 1. The first-order valence-corrected chi connectivity index (χ1v) is 11.0. The molecule has 0 bridgehead atoms. The number of carbonyl (C=O) groups is 1. The zero-order valence-electron chi connectivity index (χ0n) is 16.0. The molecule has 1 aliphatic rings. The molecule has 0 spiro atoms. The third-order valence-corrected chi connectivity index (χ3v) is 6.21. The van der Waals surface area contributed by atoms with Gasteiger partial charge in [-0.1, -0.05) is 12.1 Å². The molecule has 0 atom stereocenters. The second-order valence-corrected chi connectivity index (χ2v) is 8.96. The van der Waals surface area contributed by atoms with E-state index in [1.54, 1.807) is 6.07 Å². The van der Waals surface area contributed by atoms with E-state index in [0.717, 1.165) is 25.9 Å². The molecule has 0 aliphatic carbocycles. The lowest BCUT2D eigenvalue weighted by Crippen LogP contribution is -2.45. The molecule has 3 N–H and O–H groups in total. The third kappa shape index (κ3) is 5.59. The first-order chi connectivity index (χ1) is 13.7. The summed E-state index contributed by atoms with van der Waals surface area (Å²) in [6, 6.07) is 8.48. The van der Waals surface area contributed by atoms with Crippen LogP contribution in [0, 0.1) is 24.5 Å². The summed E-state index contributed by atoms with van der Waals surface area (Å²) in [5, 5.41) is 3.16. The Morgan fingerprint density at radius 2 is 1.86 bits per heavy atom. The molecule has 9 heteroatoms. The first-order valence-electron chi connectivity index (χ1n) is 9.32. The van der Waals surface area contributed by atoms with E-state index >= 15 is 0 Å². The number of rotatable bonds is 6. The predicted octanol–water partition coefficient (Wildman–Crippen LogP) is 2.50. The lowest BCUT2D eigenvalue weighted by molar-refractivity contribution is 0.0940. The summed E-state index contributed by atoms with van der Waals surface area (Å²) < 4.78 is 52.5. The topological polar surface area (TPSA) is 87.3 Å². The van der Waals surface area contributed by atoms with Crippen LogP contribution in [-0.4, -0.2) is 33.2 Å². The maximum atomic E-state index is 14.5. The summed E-state index contributed by atoms with van der Waals surface area (Å²) >= 11 is 0. The molecule has 2 aromatic carbocycles. The Hall–Kier alpha value is -2.36. The summed E-state index contributed by atoms with van der Waals surface area (Å²) in [7, 11) is -3.76. The van der Waals surface area contributed by atoms with Crippen molar-refractivity contribution in [2.75, 3.05) is 18.8 Å². The molecule has 156 valence electrons. The standard InChI is InChI=1S/C20H23F2N3O3S/c1-13-9-16(15-3-2-4-17(21)10-15)11-18(19(13)22)20(26)24-25-29(27,28)12-14-5-7-23-8-6-14/h2-4,9-11,14,23,25H,5-8,12H2,1H3,(H,24,26). The lowest BCUT2D eigenvalue weighted by atomic mass is 9.99. The quantitative estimate of drug-likeness (QED) is 0.623. The number of hydrazine groups is 1. The van der Waals surface area contributed by atoms with Crippen LogP contribution in [0.2, 0.25) is 0 Å². The Balaban J connectivity index is 1.74. The van der Waals surface area contributed by atoms with Crippen LogP contribution in [0.3, 0.4) is 0 Å². The Bertz CT molecular complexity index is 1010. The fraction of sp³-hybridized carbons (Fsp3) is 0.350. The maximum absolute atomic E-state index is 14.5. The minimum absolute atomic E-state index is 0.000868. The van der Waals surface area contributed by atoms with Crippen LogP contribution in [-0.2, 0) is 10.0 Å². The van der Waals surface area contributed by atoms with E-state index in [9.17, 15) is 22.0 Å². The van der Waals surface area contributed by atoms with Gasteiger partial charge in [-0.05, 0) is 79.7 Å². The van der Waals surface area contributed by atoms with Crippen molar-refractivity contribution in [3.63, 3.8) is 0 Å². The summed E-state index contributed by atoms with van der Waals surface area (Å²) in [6.07, 6.45) is 1.47. The summed E-state index contributed by atoms with van der Waals surface area (Å²) in [5.74, 6) is -2.25. The van der Waals surface area contributed by atoms with Gasteiger partial charge in [0.2, 0.25) is 10.0 Å². The van der Waals surface area contributed by atoms with Gasteiger partial charge in [0.05, 0.1) is 11.3 Å². The van der Waals surface area contributed by atoms with E-state index in [0.29, 0.717) is 11.1 Å².